The van der Waals surface area contributed by atoms with Gasteiger partial charge in [0.1, 0.15) is 11.9 Å². The van der Waals surface area contributed by atoms with E-state index in [-0.39, 0.29) is 29.1 Å². The van der Waals surface area contributed by atoms with Crippen LogP contribution in [0.25, 0.3) is 0 Å². The Bertz CT molecular complexity index is 663. The molecule has 0 aromatic heterocycles. The Kier molecular flexibility index (Phi) is 5.83. The lowest BCUT2D eigenvalue weighted by Crippen LogP contribution is -2.63. The fourth-order valence-corrected chi connectivity index (χ4v) is 7.12. The molecule has 3 aliphatic carbocycles. The van der Waals surface area contributed by atoms with Crippen molar-refractivity contribution in [2.75, 3.05) is 12.0 Å². The van der Waals surface area contributed by atoms with Gasteiger partial charge in [-0.15, -0.1) is 6.58 Å². The molecule has 0 radical (unpaired) electrons. The highest BCUT2D eigenvalue weighted by Gasteiger charge is 2.68. The van der Waals surface area contributed by atoms with Gasteiger partial charge in [-0.05, 0) is 49.2 Å². The summed E-state index contributed by atoms with van der Waals surface area (Å²) in [5.74, 6) is 0.477. The third-order valence-electron chi connectivity index (χ3n) is 8.84. The van der Waals surface area contributed by atoms with Gasteiger partial charge in [0.05, 0.1) is 11.9 Å². The molecular formula is C23H36O4S. The fraction of sp³-hybridized carbons (Fsp3) is 0.826. The number of ether oxygens (including phenoxy) is 1. The Balaban J connectivity index is 2.17. The maximum atomic E-state index is 13.2. The van der Waals surface area contributed by atoms with Crippen LogP contribution < -0.4 is 0 Å². The summed E-state index contributed by atoms with van der Waals surface area (Å²) in [6, 6.07) is 0. The van der Waals surface area contributed by atoms with Crippen LogP contribution in [0.5, 0.6) is 0 Å². The summed E-state index contributed by atoms with van der Waals surface area (Å²) < 4.78 is 6.09. The summed E-state index contributed by atoms with van der Waals surface area (Å²) >= 11 is 1.44. The fourth-order valence-electron chi connectivity index (χ4n) is 6.81. The van der Waals surface area contributed by atoms with E-state index in [9.17, 15) is 14.7 Å². The number of aliphatic hydroxyl groups is 1. The number of thioether (sulfide) groups is 1. The van der Waals surface area contributed by atoms with Crippen LogP contribution in [0.3, 0.4) is 0 Å². The third-order valence-corrected chi connectivity index (χ3v) is 9.36. The third kappa shape index (κ3) is 2.99. The molecule has 4 unspecified atom stereocenters. The number of hydrogen-bond donors (Lipinski definition) is 1. The molecule has 4 nitrogen and oxygen atoms in total. The topological polar surface area (TPSA) is 63.6 Å². The van der Waals surface area contributed by atoms with Crippen molar-refractivity contribution in [2.45, 2.75) is 72.0 Å². The summed E-state index contributed by atoms with van der Waals surface area (Å²) in [6.07, 6.45) is 6.56. The van der Waals surface area contributed by atoms with E-state index in [1.165, 1.54) is 11.8 Å². The average molecular weight is 409 g/mol. The molecule has 0 aromatic carbocycles. The van der Waals surface area contributed by atoms with E-state index in [4.69, 9.17) is 4.74 Å². The maximum absolute atomic E-state index is 13.2. The highest BCUT2D eigenvalue weighted by Crippen LogP contribution is 2.67. The first-order valence-corrected chi connectivity index (χ1v) is 12.0. The van der Waals surface area contributed by atoms with Gasteiger partial charge in [-0.1, -0.05) is 33.8 Å². The second-order valence-corrected chi connectivity index (χ2v) is 10.9. The number of carbonyl (C=O) groups is 2. The van der Waals surface area contributed by atoms with Crippen LogP contribution in [-0.4, -0.2) is 41.1 Å². The molecule has 0 spiro atoms. The van der Waals surface area contributed by atoms with Gasteiger partial charge in [0.15, 0.2) is 0 Å². The zero-order valence-electron chi connectivity index (χ0n) is 18.0. The Morgan fingerprint density at radius 2 is 2.04 bits per heavy atom. The molecule has 0 aliphatic heterocycles. The van der Waals surface area contributed by atoms with Gasteiger partial charge in [-0.2, -0.15) is 11.8 Å². The molecule has 5 heteroatoms. The van der Waals surface area contributed by atoms with Gasteiger partial charge < -0.3 is 9.84 Å². The standard InChI is InChI=1S/C23H36O4S/c1-7-21(4)12-17(27-18(25)13-28-6)22(5)14(2)8-10-23(15(3)20(21)26)11-9-16(24)19(22)23/h7,14-15,17,19-20,26H,1,8-13H2,2-6H3/t14?,15-,17+,19?,20?,21+,22-,23?/m0/s1. The van der Waals surface area contributed by atoms with Crippen LogP contribution in [-0.2, 0) is 14.3 Å². The smallest absolute Gasteiger partial charge is 0.316 e. The molecule has 0 amide bonds. The second-order valence-electron chi connectivity index (χ2n) is 10.00. The molecule has 3 saturated carbocycles. The number of esters is 1. The first-order valence-electron chi connectivity index (χ1n) is 10.6. The average Bonchev–Trinajstić information content (AvgIpc) is 3.01. The zero-order chi connectivity index (χ0) is 20.9. The Labute approximate surface area is 173 Å². The molecule has 28 heavy (non-hydrogen) atoms. The Morgan fingerprint density at radius 1 is 1.36 bits per heavy atom. The minimum atomic E-state index is -0.613. The molecule has 3 rings (SSSR count). The van der Waals surface area contributed by atoms with Gasteiger partial charge in [0, 0.05) is 23.2 Å². The van der Waals surface area contributed by atoms with Crippen molar-refractivity contribution in [3.63, 3.8) is 0 Å². The summed E-state index contributed by atoms with van der Waals surface area (Å²) in [5, 5.41) is 11.4. The first-order chi connectivity index (χ1) is 13.1. The molecule has 0 aromatic rings. The van der Waals surface area contributed by atoms with E-state index in [1.807, 2.05) is 19.3 Å². The second kappa shape index (κ2) is 7.46. The molecular weight excluding hydrogens is 372 g/mol. The number of Topliss-reactive ketones (excluding diaryl/α,β-unsaturated/α-hetero) is 1. The molecule has 158 valence electrons. The number of aliphatic hydroxyl groups excluding tert-OH is 1. The van der Waals surface area contributed by atoms with Gasteiger partial charge >= 0.3 is 5.97 Å². The van der Waals surface area contributed by atoms with Gasteiger partial charge in [0.2, 0.25) is 0 Å². The predicted molar refractivity (Wildman–Crippen MR) is 113 cm³/mol. The van der Waals surface area contributed by atoms with Crippen LogP contribution in [0, 0.1) is 34.0 Å². The quantitative estimate of drug-likeness (QED) is 0.556. The van der Waals surface area contributed by atoms with Crippen molar-refractivity contribution in [1.82, 2.24) is 0 Å². The van der Waals surface area contributed by atoms with Crippen molar-refractivity contribution in [1.29, 1.82) is 0 Å². The van der Waals surface area contributed by atoms with Gasteiger partial charge in [-0.3, -0.25) is 9.59 Å². The summed E-state index contributed by atoms with van der Waals surface area (Å²) in [6.45, 7) is 12.5. The molecule has 0 saturated heterocycles. The Hall–Kier alpha value is -0.810. The minimum Gasteiger partial charge on any atom is -0.461 e. The SMILES string of the molecule is C=C[C@]1(C)C[C@@H](OC(=O)CSC)[C@]2(C)C(C)CCC3(CCC(=O)C32)[C@@H](C)C1O. The zero-order valence-corrected chi connectivity index (χ0v) is 18.8. The van der Waals surface area contributed by atoms with Crippen LogP contribution >= 0.6 is 11.8 Å². The van der Waals surface area contributed by atoms with Crippen LogP contribution in [0.2, 0.25) is 0 Å². The lowest BCUT2D eigenvalue weighted by atomic mass is 9.44. The van der Waals surface area contributed by atoms with E-state index in [0.717, 1.165) is 19.3 Å². The highest BCUT2D eigenvalue weighted by molar-refractivity contribution is 7.99. The van der Waals surface area contributed by atoms with E-state index in [1.54, 1.807) is 0 Å². The molecule has 3 fully saturated rings. The van der Waals surface area contributed by atoms with E-state index >= 15 is 0 Å². The largest absolute Gasteiger partial charge is 0.461 e. The van der Waals surface area contributed by atoms with Gasteiger partial charge in [-0.25, -0.2) is 0 Å². The minimum absolute atomic E-state index is 0.00150. The Morgan fingerprint density at radius 3 is 2.64 bits per heavy atom. The summed E-state index contributed by atoms with van der Waals surface area (Å²) in [7, 11) is 0. The number of ketones is 1. The lowest BCUT2D eigenvalue weighted by Gasteiger charge is -2.61. The van der Waals surface area contributed by atoms with Crippen molar-refractivity contribution in [3.8, 4) is 0 Å². The van der Waals surface area contributed by atoms with Crippen molar-refractivity contribution in [2.24, 2.45) is 34.0 Å². The van der Waals surface area contributed by atoms with Crippen molar-refractivity contribution in [3.05, 3.63) is 12.7 Å². The van der Waals surface area contributed by atoms with E-state index in [0.29, 0.717) is 24.4 Å². The first kappa shape index (κ1) is 21.9. The van der Waals surface area contributed by atoms with Crippen LogP contribution in [0.15, 0.2) is 12.7 Å². The van der Waals surface area contributed by atoms with Crippen molar-refractivity contribution < 1.29 is 19.4 Å². The van der Waals surface area contributed by atoms with E-state index in [2.05, 4.69) is 27.4 Å². The molecule has 1 N–H and O–H groups in total. The monoisotopic (exact) mass is 408 g/mol. The van der Waals surface area contributed by atoms with Crippen LogP contribution in [0.1, 0.15) is 59.8 Å². The summed E-state index contributed by atoms with van der Waals surface area (Å²) in [5.41, 5.74) is -1.20. The number of rotatable bonds is 4. The lowest BCUT2D eigenvalue weighted by molar-refractivity contribution is -0.205. The maximum Gasteiger partial charge on any atom is 0.316 e. The number of hydrogen-bond acceptors (Lipinski definition) is 5. The highest BCUT2D eigenvalue weighted by atomic mass is 32.2. The van der Waals surface area contributed by atoms with Crippen molar-refractivity contribution >= 4 is 23.5 Å². The molecule has 2 bridgehead atoms. The molecule has 8 atom stereocenters. The predicted octanol–water partition coefficient (Wildman–Crippen LogP) is 4.26. The number of carbonyl (C=O) groups excluding carboxylic acids is 2. The molecule has 3 aliphatic rings. The van der Waals surface area contributed by atoms with Crippen LogP contribution in [0.4, 0.5) is 0 Å². The van der Waals surface area contributed by atoms with E-state index < -0.39 is 23.0 Å². The normalized spacial score (nSPS) is 48.4. The molecule has 0 heterocycles. The summed E-state index contributed by atoms with van der Waals surface area (Å²) in [4.78, 5) is 25.7. The van der Waals surface area contributed by atoms with Gasteiger partial charge in [0.25, 0.3) is 0 Å².